The van der Waals surface area contributed by atoms with E-state index >= 15 is 0 Å². The molecule has 57 heavy (non-hydrogen) atoms. The van der Waals surface area contributed by atoms with E-state index in [1.807, 2.05) is 48.5 Å². The fourth-order valence-electron chi connectivity index (χ4n) is 9.40. The van der Waals surface area contributed by atoms with Gasteiger partial charge in [-0.05, 0) is 58.9 Å². The van der Waals surface area contributed by atoms with E-state index < -0.39 is 5.41 Å². The summed E-state index contributed by atoms with van der Waals surface area (Å²) in [6.45, 7) is 0. The van der Waals surface area contributed by atoms with E-state index in [0.717, 1.165) is 79.7 Å². The van der Waals surface area contributed by atoms with E-state index in [2.05, 4.69) is 127 Å². The molecule has 0 saturated carbocycles. The predicted octanol–water partition coefficient (Wildman–Crippen LogP) is 13.0. The van der Waals surface area contributed by atoms with Crippen LogP contribution in [-0.2, 0) is 5.41 Å². The van der Waals surface area contributed by atoms with Crippen molar-refractivity contribution in [2.24, 2.45) is 0 Å². The molecule has 12 rings (SSSR count). The van der Waals surface area contributed by atoms with Gasteiger partial charge in [-0.3, -0.25) is 0 Å². The minimum absolute atomic E-state index is 0.487. The first kappa shape index (κ1) is 31.9. The molecule has 1 spiro atoms. The summed E-state index contributed by atoms with van der Waals surface area (Å²) in [6.07, 6.45) is 6.74. The van der Waals surface area contributed by atoms with Crippen molar-refractivity contribution in [3.8, 4) is 56.8 Å². The van der Waals surface area contributed by atoms with E-state index in [0.29, 0.717) is 17.5 Å². The second-order valence-electron chi connectivity index (χ2n) is 15.0. The molecule has 5 heteroatoms. The third-order valence-electron chi connectivity index (χ3n) is 11.9. The van der Waals surface area contributed by atoms with Gasteiger partial charge in [-0.15, -0.1) is 0 Å². The number of fused-ring (bicyclic) bond motifs is 11. The van der Waals surface area contributed by atoms with Crippen LogP contribution in [0.15, 0.2) is 186 Å². The fraction of sp³-hybridized carbons (Fsp3) is 0.0577. The molecule has 2 aliphatic carbocycles. The number of ether oxygens (including phenoxy) is 1. The highest BCUT2D eigenvalue weighted by molar-refractivity contribution is 6.09. The molecule has 3 aliphatic rings. The van der Waals surface area contributed by atoms with Crippen molar-refractivity contribution in [3.63, 3.8) is 0 Å². The van der Waals surface area contributed by atoms with E-state index in [-0.39, 0.29) is 0 Å². The minimum Gasteiger partial charge on any atom is -0.457 e. The van der Waals surface area contributed by atoms with Gasteiger partial charge in [-0.1, -0.05) is 158 Å². The summed E-state index contributed by atoms with van der Waals surface area (Å²) in [4.78, 5) is 15.3. The molecule has 0 bridgehead atoms. The summed E-state index contributed by atoms with van der Waals surface area (Å²) in [7, 11) is 0. The molecule has 5 nitrogen and oxygen atoms in total. The first-order valence-electron chi connectivity index (χ1n) is 19.5. The van der Waals surface area contributed by atoms with Crippen molar-refractivity contribution in [2.45, 2.75) is 18.3 Å². The lowest BCUT2D eigenvalue weighted by molar-refractivity contribution is 0.436. The van der Waals surface area contributed by atoms with Crippen molar-refractivity contribution in [1.29, 1.82) is 0 Å². The van der Waals surface area contributed by atoms with Crippen molar-refractivity contribution >= 4 is 27.5 Å². The molecule has 1 unspecified atom stereocenters. The summed E-state index contributed by atoms with van der Waals surface area (Å²) in [5.41, 5.74) is 13.8. The second-order valence-corrected chi connectivity index (χ2v) is 15.0. The second kappa shape index (κ2) is 12.3. The van der Waals surface area contributed by atoms with Gasteiger partial charge in [-0.25, -0.2) is 15.0 Å². The molecule has 0 saturated heterocycles. The maximum Gasteiger partial charge on any atom is 0.164 e. The van der Waals surface area contributed by atoms with Gasteiger partial charge >= 0.3 is 0 Å². The van der Waals surface area contributed by atoms with Gasteiger partial charge in [0.25, 0.3) is 0 Å². The molecule has 3 heterocycles. The first-order chi connectivity index (χ1) is 28.2. The third-order valence-corrected chi connectivity index (χ3v) is 11.9. The van der Waals surface area contributed by atoms with Gasteiger partial charge in [0.1, 0.15) is 22.7 Å². The van der Waals surface area contributed by atoms with Crippen molar-refractivity contribution in [1.82, 2.24) is 15.0 Å². The summed E-state index contributed by atoms with van der Waals surface area (Å²) < 4.78 is 13.2. The zero-order valence-corrected chi connectivity index (χ0v) is 30.8. The lowest BCUT2D eigenvalue weighted by Gasteiger charge is -2.40. The summed E-state index contributed by atoms with van der Waals surface area (Å²) in [5.74, 6) is 3.46. The van der Waals surface area contributed by atoms with Crippen LogP contribution in [0.2, 0.25) is 0 Å². The predicted molar refractivity (Wildman–Crippen MR) is 227 cm³/mol. The van der Waals surface area contributed by atoms with Crippen LogP contribution in [0, 0.1) is 0 Å². The van der Waals surface area contributed by atoms with Crippen LogP contribution in [0.4, 0.5) is 0 Å². The number of furan rings is 1. The largest absolute Gasteiger partial charge is 0.457 e. The summed E-state index contributed by atoms with van der Waals surface area (Å²) >= 11 is 0. The lowest BCUT2D eigenvalue weighted by atomic mass is 9.64. The van der Waals surface area contributed by atoms with E-state index in [1.54, 1.807) is 0 Å². The van der Waals surface area contributed by atoms with Crippen LogP contribution in [0.1, 0.15) is 35.1 Å². The quantitative estimate of drug-likeness (QED) is 0.180. The maximum atomic E-state index is 6.83. The number of hydrogen-bond donors (Lipinski definition) is 0. The maximum absolute atomic E-state index is 6.83. The normalized spacial score (nSPS) is 16.4. The number of nitrogens with zero attached hydrogens (tertiary/aromatic N) is 3. The molecule has 0 N–H and O–H groups in total. The Labute approximate surface area is 329 Å². The summed E-state index contributed by atoms with van der Waals surface area (Å²) in [6, 6.07) is 56.9. The lowest BCUT2D eigenvalue weighted by Crippen LogP contribution is -2.33. The van der Waals surface area contributed by atoms with Crippen LogP contribution >= 0.6 is 0 Å². The molecular weight excluding hydrogens is 699 g/mol. The molecule has 9 aromatic rings. The molecule has 1 aliphatic heterocycles. The number of hydrogen-bond acceptors (Lipinski definition) is 5. The van der Waals surface area contributed by atoms with Gasteiger partial charge in [0.05, 0.1) is 5.41 Å². The average Bonchev–Trinajstić information content (AvgIpc) is 3.81. The Morgan fingerprint density at radius 3 is 1.96 bits per heavy atom. The molecular formula is C52H33N3O2. The number of aromatic nitrogens is 3. The molecule has 7 aromatic carbocycles. The SMILES string of the molecule is C1=CC2=C(CC1)c1ccccc1C21c2ccccc2Oc2cc(-c3nc(-c4ccccc4)nc(-c4ccc(-c5cccc6c5oc5ccccc56)cc4)n3)ccc21. The van der Waals surface area contributed by atoms with Gasteiger partial charge in [0.15, 0.2) is 17.5 Å². The Balaban J connectivity index is 0.998. The van der Waals surface area contributed by atoms with Crippen LogP contribution in [0.5, 0.6) is 11.5 Å². The topological polar surface area (TPSA) is 61.0 Å². The Morgan fingerprint density at radius 2 is 1.11 bits per heavy atom. The molecule has 268 valence electrons. The highest BCUT2D eigenvalue weighted by atomic mass is 16.5. The fourth-order valence-corrected chi connectivity index (χ4v) is 9.40. The zero-order chi connectivity index (χ0) is 37.5. The van der Waals surface area contributed by atoms with Crippen LogP contribution in [0.3, 0.4) is 0 Å². The van der Waals surface area contributed by atoms with Crippen LogP contribution in [0.25, 0.3) is 72.8 Å². The van der Waals surface area contributed by atoms with Crippen LogP contribution in [-0.4, -0.2) is 15.0 Å². The molecule has 0 fully saturated rings. The highest BCUT2D eigenvalue weighted by Crippen LogP contribution is 2.62. The van der Waals surface area contributed by atoms with Gasteiger partial charge < -0.3 is 9.15 Å². The zero-order valence-electron chi connectivity index (χ0n) is 30.8. The van der Waals surface area contributed by atoms with Gasteiger partial charge in [0, 0.05) is 44.2 Å². The van der Waals surface area contributed by atoms with E-state index in [9.17, 15) is 0 Å². The third kappa shape index (κ3) is 4.72. The standard InChI is InChI=1S/C52H33N3O2/c1-2-13-33(14-3-1)49-53-50(34-27-25-32(26-28-34)36-18-12-19-40-39-17-6-10-23-45(39)57-48(36)40)55-51(54-49)35-29-30-44-47(31-35)56-46-24-11-9-22-43(46)52(44)41-20-7-4-15-37(41)38-16-5-8-21-42(38)52/h1-4,6-15,17-31H,5,16H2. The monoisotopic (exact) mass is 731 g/mol. The average molecular weight is 732 g/mol. The Morgan fingerprint density at radius 1 is 0.474 bits per heavy atom. The molecule has 1 atom stereocenters. The highest BCUT2D eigenvalue weighted by Gasteiger charge is 2.51. The number of benzene rings is 7. The summed E-state index contributed by atoms with van der Waals surface area (Å²) in [5, 5.41) is 2.22. The van der Waals surface area contributed by atoms with Crippen molar-refractivity contribution in [3.05, 3.63) is 204 Å². The Bertz CT molecular complexity index is 3160. The Kier molecular flexibility index (Phi) is 6.90. The number of para-hydroxylation sites is 3. The van der Waals surface area contributed by atoms with E-state index in [4.69, 9.17) is 24.1 Å². The van der Waals surface area contributed by atoms with Gasteiger partial charge in [-0.2, -0.15) is 0 Å². The van der Waals surface area contributed by atoms with Crippen molar-refractivity contribution < 1.29 is 9.15 Å². The minimum atomic E-state index is -0.487. The van der Waals surface area contributed by atoms with Crippen molar-refractivity contribution in [2.75, 3.05) is 0 Å². The number of rotatable bonds is 4. The van der Waals surface area contributed by atoms with Gasteiger partial charge in [0.2, 0.25) is 0 Å². The molecule has 2 aromatic heterocycles. The molecule has 0 radical (unpaired) electrons. The van der Waals surface area contributed by atoms with E-state index in [1.165, 1.54) is 27.8 Å². The first-order valence-corrected chi connectivity index (χ1v) is 19.5. The number of allylic oxidation sites excluding steroid dienone is 4. The van der Waals surface area contributed by atoms with Crippen LogP contribution < -0.4 is 4.74 Å². The Hall–Kier alpha value is -7.37. The smallest absolute Gasteiger partial charge is 0.164 e. The molecule has 0 amide bonds.